The van der Waals surface area contributed by atoms with E-state index in [1.807, 2.05) is 27.7 Å². The highest BCUT2D eigenvalue weighted by Gasteiger charge is 2.62. The molecule has 156 valence electrons. The van der Waals surface area contributed by atoms with Gasteiger partial charge in [-0.1, -0.05) is 19.9 Å². The predicted octanol–water partition coefficient (Wildman–Crippen LogP) is 2.31. The first-order valence-corrected chi connectivity index (χ1v) is 9.94. The fourth-order valence-electron chi connectivity index (χ4n) is 3.42. The lowest BCUT2D eigenvalue weighted by Crippen LogP contribution is -2.74. The number of carbonyl (C=O) groups excluding carboxylic acids is 2. The first-order valence-electron chi connectivity index (χ1n) is 9.94. The Morgan fingerprint density at radius 2 is 2.00 bits per heavy atom. The van der Waals surface area contributed by atoms with E-state index in [1.54, 1.807) is 24.3 Å². The molecule has 0 aromatic heterocycles. The van der Waals surface area contributed by atoms with Gasteiger partial charge >= 0.3 is 0 Å². The molecule has 0 bridgehead atoms. The molecule has 1 aromatic rings. The molecule has 1 fully saturated rings. The van der Waals surface area contributed by atoms with Gasteiger partial charge in [0.1, 0.15) is 5.54 Å². The molecule has 4 N–H and O–H groups in total. The van der Waals surface area contributed by atoms with Crippen molar-refractivity contribution in [3.63, 3.8) is 0 Å². The standard InChI is InChI=1S/C21H33N3O4/c1-5-27-12-8-11-23-18(25)15-9-7-10-16(13-15)24-19(26)21(22)14-17(28-6-2)20(21,3)4/h7,9-10,13,17H,5-6,8,11-12,14,22H2,1-4H3,(H,23,25)(H,24,26). The van der Waals surface area contributed by atoms with Crippen molar-refractivity contribution in [2.24, 2.45) is 11.1 Å². The number of nitrogens with one attached hydrogen (secondary N) is 2. The van der Waals surface area contributed by atoms with Gasteiger partial charge in [0.25, 0.3) is 5.91 Å². The van der Waals surface area contributed by atoms with Crippen LogP contribution in [-0.4, -0.2) is 49.8 Å². The van der Waals surface area contributed by atoms with Crippen LogP contribution in [0.25, 0.3) is 0 Å². The number of rotatable bonds is 10. The quantitative estimate of drug-likeness (QED) is 0.531. The maximum absolute atomic E-state index is 12.8. The fraction of sp³-hybridized carbons (Fsp3) is 0.619. The molecule has 2 unspecified atom stereocenters. The predicted molar refractivity (Wildman–Crippen MR) is 109 cm³/mol. The molecular formula is C21H33N3O4. The molecule has 0 saturated heterocycles. The minimum Gasteiger partial charge on any atom is -0.382 e. The molecule has 2 amide bonds. The van der Waals surface area contributed by atoms with Crippen molar-refractivity contribution in [3.05, 3.63) is 29.8 Å². The highest BCUT2D eigenvalue weighted by atomic mass is 16.5. The molecule has 0 aliphatic heterocycles. The summed E-state index contributed by atoms with van der Waals surface area (Å²) in [5.74, 6) is -0.446. The van der Waals surface area contributed by atoms with Gasteiger partial charge in [0.05, 0.1) is 6.10 Å². The number of nitrogens with two attached hydrogens (primary N) is 1. The maximum atomic E-state index is 12.8. The number of carbonyl (C=O) groups is 2. The normalized spacial score (nSPS) is 23.0. The Kier molecular flexibility index (Phi) is 7.57. The summed E-state index contributed by atoms with van der Waals surface area (Å²) in [5, 5.41) is 5.71. The van der Waals surface area contributed by atoms with Crippen molar-refractivity contribution in [2.45, 2.75) is 52.2 Å². The van der Waals surface area contributed by atoms with Crippen LogP contribution in [0.1, 0.15) is 50.9 Å². The molecular weight excluding hydrogens is 358 g/mol. The molecule has 1 aliphatic carbocycles. The van der Waals surface area contributed by atoms with Crippen molar-refractivity contribution in [2.75, 3.05) is 31.7 Å². The minimum absolute atomic E-state index is 0.0398. The van der Waals surface area contributed by atoms with Crippen LogP contribution in [0.3, 0.4) is 0 Å². The summed E-state index contributed by atoms with van der Waals surface area (Å²) in [5.41, 5.74) is 5.97. The van der Waals surface area contributed by atoms with Gasteiger partial charge < -0.3 is 25.8 Å². The number of ether oxygens (including phenoxy) is 2. The third-order valence-corrected chi connectivity index (χ3v) is 5.57. The van der Waals surface area contributed by atoms with E-state index in [0.29, 0.717) is 44.0 Å². The van der Waals surface area contributed by atoms with Crippen molar-refractivity contribution in [3.8, 4) is 0 Å². The van der Waals surface area contributed by atoms with Crippen LogP contribution in [0.2, 0.25) is 0 Å². The first-order chi connectivity index (χ1) is 13.3. The Morgan fingerprint density at radius 3 is 2.64 bits per heavy atom. The van der Waals surface area contributed by atoms with E-state index in [2.05, 4.69) is 10.6 Å². The van der Waals surface area contributed by atoms with Gasteiger partial charge in [0.15, 0.2) is 0 Å². The summed E-state index contributed by atoms with van der Waals surface area (Å²) in [6.45, 7) is 10.2. The second-order valence-electron chi connectivity index (χ2n) is 7.68. The van der Waals surface area contributed by atoms with Gasteiger partial charge in [0.2, 0.25) is 5.91 Å². The molecule has 1 saturated carbocycles. The van der Waals surface area contributed by atoms with E-state index < -0.39 is 11.0 Å². The Hall–Kier alpha value is -1.96. The highest BCUT2D eigenvalue weighted by Crippen LogP contribution is 2.50. The van der Waals surface area contributed by atoms with Crippen LogP contribution in [0.4, 0.5) is 5.69 Å². The molecule has 0 heterocycles. The Balaban J connectivity index is 1.95. The lowest BCUT2D eigenvalue weighted by Gasteiger charge is -2.57. The Labute approximate surface area is 167 Å². The molecule has 7 nitrogen and oxygen atoms in total. The van der Waals surface area contributed by atoms with Crippen molar-refractivity contribution in [1.29, 1.82) is 0 Å². The summed E-state index contributed by atoms with van der Waals surface area (Å²) in [7, 11) is 0. The molecule has 7 heteroatoms. The second kappa shape index (κ2) is 9.49. The average molecular weight is 392 g/mol. The van der Waals surface area contributed by atoms with Gasteiger partial charge in [-0.25, -0.2) is 0 Å². The van der Waals surface area contributed by atoms with Crippen LogP contribution in [0.5, 0.6) is 0 Å². The van der Waals surface area contributed by atoms with Crippen molar-refractivity contribution in [1.82, 2.24) is 5.32 Å². The molecule has 0 spiro atoms. The highest BCUT2D eigenvalue weighted by molar-refractivity contribution is 6.01. The molecule has 2 atom stereocenters. The van der Waals surface area contributed by atoms with Crippen molar-refractivity contribution < 1.29 is 19.1 Å². The van der Waals surface area contributed by atoms with E-state index in [1.165, 1.54) is 0 Å². The minimum atomic E-state index is -1.01. The largest absolute Gasteiger partial charge is 0.382 e. The number of benzene rings is 1. The third-order valence-electron chi connectivity index (χ3n) is 5.57. The zero-order chi connectivity index (χ0) is 20.8. The summed E-state index contributed by atoms with van der Waals surface area (Å²) in [6.07, 6.45) is 1.18. The molecule has 0 radical (unpaired) electrons. The lowest BCUT2D eigenvalue weighted by molar-refractivity contribution is -0.166. The van der Waals surface area contributed by atoms with Crippen LogP contribution < -0.4 is 16.4 Å². The van der Waals surface area contributed by atoms with Gasteiger partial charge in [-0.2, -0.15) is 0 Å². The van der Waals surface area contributed by atoms with Crippen LogP contribution >= 0.6 is 0 Å². The second-order valence-corrected chi connectivity index (χ2v) is 7.68. The van der Waals surface area contributed by atoms with E-state index in [-0.39, 0.29) is 17.9 Å². The number of hydrogen-bond acceptors (Lipinski definition) is 5. The monoisotopic (exact) mass is 391 g/mol. The fourth-order valence-corrected chi connectivity index (χ4v) is 3.42. The lowest BCUT2D eigenvalue weighted by atomic mass is 9.54. The van der Waals surface area contributed by atoms with Gasteiger partial charge in [-0.15, -0.1) is 0 Å². The van der Waals surface area contributed by atoms with E-state index >= 15 is 0 Å². The molecule has 2 rings (SSSR count). The summed E-state index contributed by atoms with van der Waals surface area (Å²) in [6, 6.07) is 6.86. The Morgan fingerprint density at radius 1 is 1.25 bits per heavy atom. The van der Waals surface area contributed by atoms with E-state index in [4.69, 9.17) is 15.2 Å². The molecule has 1 aliphatic rings. The number of amides is 2. The van der Waals surface area contributed by atoms with E-state index in [0.717, 1.165) is 6.42 Å². The van der Waals surface area contributed by atoms with Crippen molar-refractivity contribution >= 4 is 17.5 Å². The smallest absolute Gasteiger partial charge is 0.251 e. The third kappa shape index (κ3) is 4.71. The Bertz CT molecular complexity index is 692. The zero-order valence-corrected chi connectivity index (χ0v) is 17.3. The number of hydrogen-bond donors (Lipinski definition) is 3. The SMILES string of the molecule is CCOCCCNC(=O)c1cccc(NC(=O)C2(N)CC(OCC)C2(C)C)c1. The maximum Gasteiger partial charge on any atom is 0.251 e. The van der Waals surface area contributed by atoms with Crippen LogP contribution in [-0.2, 0) is 14.3 Å². The number of anilines is 1. The van der Waals surface area contributed by atoms with E-state index in [9.17, 15) is 9.59 Å². The zero-order valence-electron chi connectivity index (χ0n) is 17.3. The first kappa shape index (κ1) is 22.3. The van der Waals surface area contributed by atoms with Gasteiger partial charge in [0, 0.05) is 49.5 Å². The summed E-state index contributed by atoms with van der Waals surface area (Å²) < 4.78 is 10.9. The summed E-state index contributed by atoms with van der Waals surface area (Å²) in [4.78, 5) is 25.1. The van der Waals surface area contributed by atoms with Crippen LogP contribution in [0.15, 0.2) is 24.3 Å². The summed E-state index contributed by atoms with van der Waals surface area (Å²) >= 11 is 0. The van der Waals surface area contributed by atoms with Gasteiger partial charge in [-0.05, 0) is 38.5 Å². The average Bonchev–Trinajstić information content (AvgIpc) is 2.67. The van der Waals surface area contributed by atoms with Gasteiger partial charge in [-0.3, -0.25) is 9.59 Å². The topological polar surface area (TPSA) is 103 Å². The molecule has 1 aromatic carbocycles. The van der Waals surface area contributed by atoms with Crippen LogP contribution in [0, 0.1) is 5.41 Å². The molecule has 28 heavy (non-hydrogen) atoms.